The largest absolute Gasteiger partial charge is 0.273 e. The summed E-state index contributed by atoms with van der Waals surface area (Å²) in [5, 5.41) is 0. The first-order chi connectivity index (χ1) is 5.09. The Bertz CT molecular complexity index is 185. The van der Waals surface area contributed by atoms with Crippen LogP contribution in [-0.4, -0.2) is 6.72 Å². The number of hydrogen-bond donors (Lipinski definition) is 0. The first-order valence-electron chi connectivity index (χ1n) is 3.89. The molecule has 0 aromatic rings. The second-order valence-electron chi connectivity index (χ2n) is 3.02. The van der Waals surface area contributed by atoms with E-state index in [9.17, 15) is 0 Å². The molecule has 0 aromatic carbocycles. The second-order valence-corrected chi connectivity index (χ2v) is 3.02. The van der Waals surface area contributed by atoms with Crippen molar-refractivity contribution in [2.45, 2.75) is 27.7 Å². The van der Waals surface area contributed by atoms with Crippen LogP contribution in [0.1, 0.15) is 27.7 Å². The molecule has 0 aliphatic rings. The minimum Gasteiger partial charge on any atom is -0.273 e. The van der Waals surface area contributed by atoms with Gasteiger partial charge in [0, 0.05) is 6.20 Å². The van der Waals surface area contributed by atoms with Crippen molar-refractivity contribution >= 4 is 6.72 Å². The molecule has 0 atom stereocenters. The Morgan fingerprint density at radius 2 is 1.91 bits per heavy atom. The van der Waals surface area contributed by atoms with Crippen LogP contribution >= 0.6 is 0 Å². The summed E-state index contributed by atoms with van der Waals surface area (Å²) in [5.74, 6) is 0.615. The molecule has 0 saturated carbocycles. The molecule has 0 N–H and O–H groups in total. The molecule has 0 aliphatic heterocycles. The van der Waals surface area contributed by atoms with Crippen molar-refractivity contribution in [1.29, 1.82) is 0 Å². The smallest absolute Gasteiger partial charge is 0.0263 e. The van der Waals surface area contributed by atoms with Gasteiger partial charge < -0.3 is 0 Å². The Balaban J connectivity index is 4.39. The third-order valence-electron chi connectivity index (χ3n) is 1.92. The van der Waals surface area contributed by atoms with Crippen molar-refractivity contribution in [3.63, 3.8) is 0 Å². The molecular weight excluding hydrogens is 134 g/mol. The van der Waals surface area contributed by atoms with E-state index in [1.807, 2.05) is 6.08 Å². The third-order valence-corrected chi connectivity index (χ3v) is 1.92. The minimum absolute atomic E-state index is 0.615. The summed E-state index contributed by atoms with van der Waals surface area (Å²) < 4.78 is 0. The Hall–Kier alpha value is -0.850. The summed E-state index contributed by atoms with van der Waals surface area (Å²) >= 11 is 0. The van der Waals surface area contributed by atoms with E-state index in [-0.39, 0.29) is 0 Å². The van der Waals surface area contributed by atoms with Crippen LogP contribution in [0.4, 0.5) is 0 Å². The average molecular weight is 151 g/mol. The molecule has 0 fully saturated rings. The molecule has 0 unspecified atom stereocenters. The summed E-state index contributed by atoms with van der Waals surface area (Å²) in [6, 6.07) is 0. The molecule has 0 amide bonds. The molecule has 0 saturated heterocycles. The van der Waals surface area contributed by atoms with E-state index in [4.69, 9.17) is 0 Å². The van der Waals surface area contributed by atoms with E-state index in [1.165, 1.54) is 11.1 Å². The van der Waals surface area contributed by atoms with Crippen LogP contribution in [0, 0.1) is 5.92 Å². The zero-order chi connectivity index (χ0) is 8.85. The molecule has 62 valence electrons. The zero-order valence-corrected chi connectivity index (χ0v) is 7.89. The molecule has 1 nitrogen and oxygen atoms in total. The summed E-state index contributed by atoms with van der Waals surface area (Å²) in [7, 11) is 0. The molecule has 0 aromatic heterocycles. The highest BCUT2D eigenvalue weighted by molar-refractivity contribution is 5.29. The number of hydrogen-bond acceptors (Lipinski definition) is 1. The lowest BCUT2D eigenvalue weighted by atomic mass is 10.00. The summed E-state index contributed by atoms with van der Waals surface area (Å²) in [6.07, 6.45) is 3.71. The summed E-state index contributed by atoms with van der Waals surface area (Å²) in [5.41, 5.74) is 2.69. The lowest BCUT2D eigenvalue weighted by Crippen LogP contribution is -1.91. The molecule has 0 radical (unpaired) electrons. The van der Waals surface area contributed by atoms with E-state index >= 15 is 0 Å². The van der Waals surface area contributed by atoms with Gasteiger partial charge in [-0.2, -0.15) is 0 Å². The van der Waals surface area contributed by atoms with Gasteiger partial charge in [-0.1, -0.05) is 25.0 Å². The molecule has 0 bridgehead atoms. The van der Waals surface area contributed by atoms with Crippen molar-refractivity contribution < 1.29 is 0 Å². The highest BCUT2D eigenvalue weighted by Gasteiger charge is 1.97. The van der Waals surface area contributed by atoms with Gasteiger partial charge >= 0.3 is 0 Å². The quantitative estimate of drug-likeness (QED) is 0.434. The van der Waals surface area contributed by atoms with Crippen molar-refractivity contribution in [1.82, 2.24) is 0 Å². The molecular formula is C10H17N. The molecule has 0 heterocycles. The second kappa shape index (κ2) is 4.89. The fourth-order valence-corrected chi connectivity index (χ4v) is 0.751. The predicted octanol–water partition coefficient (Wildman–Crippen LogP) is 3.19. The van der Waals surface area contributed by atoms with E-state index < -0.39 is 0 Å². The van der Waals surface area contributed by atoms with Gasteiger partial charge in [-0.15, -0.1) is 0 Å². The molecule has 0 rings (SSSR count). The van der Waals surface area contributed by atoms with E-state index in [1.54, 1.807) is 6.20 Å². The molecule has 1 heteroatoms. The maximum atomic E-state index is 3.65. The monoisotopic (exact) mass is 151 g/mol. The highest BCUT2D eigenvalue weighted by Crippen LogP contribution is 2.14. The van der Waals surface area contributed by atoms with Gasteiger partial charge in [0.2, 0.25) is 0 Å². The van der Waals surface area contributed by atoms with Crippen LogP contribution in [0.3, 0.4) is 0 Å². The van der Waals surface area contributed by atoms with E-state index in [0.717, 1.165) is 0 Å². The Kier molecular flexibility index (Phi) is 4.51. The van der Waals surface area contributed by atoms with Crippen LogP contribution in [0.15, 0.2) is 28.4 Å². The first kappa shape index (κ1) is 10.2. The Labute approximate surface area is 69.5 Å². The summed E-state index contributed by atoms with van der Waals surface area (Å²) in [6.45, 7) is 12.0. The number of rotatable bonds is 3. The lowest BCUT2D eigenvalue weighted by molar-refractivity contribution is 0.760. The van der Waals surface area contributed by atoms with Crippen molar-refractivity contribution in [2.75, 3.05) is 0 Å². The minimum atomic E-state index is 0.615. The van der Waals surface area contributed by atoms with Gasteiger partial charge in [-0.25, -0.2) is 0 Å². The highest BCUT2D eigenvalue weighted by atomic mass is 14.6. The van der Waals surface area contributed by atoms with Crippen molar-refractivity contribution in [3.8, 4) is 0 Å². The first-order valence-corrected chi connectivity index (χ1v) is 3.89. The topological polar surface area (TPSA) is 12.4 Å². The van der Waals surface area contributed by atoms with Gasteiger partial charge in [0.25, 0.3) is 0 Å². The van der Waals surface area contributed by atoms with E-state index in [0.29, 0.717) is 5.92 Å². The molecule has 11 heavy (non-hydrogen) atoms. The normalized spacial score (nSPS) is 13.9. The zero-order valence-electron chi connectivity index (χ0n) is 7.89. The SMILES string of the molecule is C=N/C=C\C(C)=C(/C)C(C)C. The Morgan fingerprint density at radius 3 is 2.27 bits per heavy atom. The number of nitrogens with zero attached hydrogens (tertiary/aromatic N) is 1. The maximum absolute atomic E-state index is 3.65. The number of allylic oxidation sites excluding steroid dienone is 3. The van der Waals surface area contributed by atoms with Crippen LogP contribution in [0.5, 0.6) is 0 Å². The van der Waals surface area contributed by atoms with Crippen LogP contribution in [0.2, 0.25) is 0 Å². The van der Waals surface area contributed by atoms with Gasteiger partial charge in [0.05, 0.1) is 0 Å². The van der Waals surface area contributed by atoms with Crippen LogP contribution in [-0.2, 0) is 0 Å². The third kappa shape index (κ3) is 3.76. The van der Waals surface area contributed by atoms with E-state index in [2.05, 4.69) is 39.4 Å². The Morgan fingerprint density at radius 1 is 1.36 bits per heavy atom. The lowest BCUT2D eigenvalue weighted by Gasteiger charge is -2.06. The number of aliphatic imine (C=N–C) groups is 1. The molecule has 0 spiro atoms. The van der Waals surface area contributed by atoms with Gasteiger partial charge in [0.15, 0.2) is 0 Å². The maximum Gasteiger partial charge on any atom is 0.0263 e. The van der Waals surface area contributed by atoms with Gasteiger partial charge in [0.1, 0.15) is 0 Å². The van der Waals surface area contributed by atoms with Gasteiger partial charge in [-0.05, 0) is 32.6 Å². The summed E-state index contributed by atoms with van der Waals surface area (Å²) in [4.78, 5) is 3.65. The van der Waals surface area contributed by atoms with Gasteiger partial charge in [-0.3, -0.25) is 4.99 Å². The van der Waals surface area contributed by atoms with Crippen molar-refractivity contribution in [2.24, 2.45) is 10.9 Å². The molecule has 0 aliphatic carbocycles. The standard InChI is InChI=1S/C10H17N/c1-8(2)10(4)9(3)6-7-11-5/h6-8H,5H2,1-4H3/b7-6-,10-9+. The van der Waals surface area contributed by atoms with Crippen molar-refractivity contribution in [3.05, 3.63) is 23.4 Å². The van der Waals surface area contributed by atoms with Crippen LogP contribution in [0.25, 0.3) is 0 Å². The fraction of sp³-hybridized carbons (Fsp3) is 0.500. The average Bonchev–Trinajstić information content (AvgIpc) is 1.98. The fourth-order valence-electron chi connectivity index (χ4n) is 0.751. The predicted molar refractivity (Wildman–Crippen MR) is 51.9 cm³/mol. The van der Waals surface area contributed by atoms with Crippen LogP contribution < -0.4 is 0 Å².